The maximum atomic E-state index is 13.6. The van der Waals surface area contributed by atoms with Crippen molar-refractivity contribution in [3.8, 4) is 0 Å². The summed E-state index contributed by atoms with van der Waals surface area (Å²) in [5, 5.41) is 0.779. The summed E-state index contributed by atoms with van der Waals surface area (Å²) in [6, 6.07) is 14.9. The van der Waals surface area contributed by atoms with Gasteiger partial charge in [-0.15, -0.1) is 0 Å². The van der Waals surface area contributed by atoms with Gasteiger partial charge in [0.25, 0.3) is 5.91 Å². The minimum absolute atomic E-state index is 0.0807. The fourth-order valence-electron chi connectivity index (χ4n) is 4.07. The number of hydrogen-bond donors (Lipinski definition) is 2. The highest BCUT2D eigenvalue weighted by Gasteiger charge is 2.35. The molecule has 2 aromatic carbocycles. The van der Waals surface area contributed by atoms with Crippen LogP contribution in [0.1, 0.15) is 28.9 Å². The number of fused-ring (bicyclic) bond motifs is 1. The summed E-state index contributed by atoms with van der Waals surface area (Å²) in [5.41, 5.74) is 7.08. The van der Waals surface area contributed by atoms with E-state index in [0.29, 0.717) is 29.0 Å². The molecule has 8 heteroatoms. The van der Waals surface area contributed by atoms with Gasteiger partial charge in [-0.1, -0.05) is 41.9 Å². The van der Waals surface area contributed by atoms with Crippen LogP contribution in [0.15, 0.2) is 53.4 Å². The van der Waals surface area contributed by atoms with E-state index in [1.165, 1.54) is 9.87 Å². The van der Waals surface area contributed by atoms with Gasteiger partial charge in [0.05, 0.1) is 0 Å². The Morgan fingerprint density at radius 1 is 1.21 bits per heavy atom. The van der Waals surface area contributed by atoms with Crippen molar-refractivity contribution in [3.63, 3.8) is 0 Å². The topological polar surface area (TPSA) is 96.3 Å². The number of piperidine rings is 1. The molecule has 29 heavy (non-hydrogen) atoms. The van der Waals surface area contributed by atoms with E-state index in [-0.39, 0.29) is 16.5 Å². The molecule has 6 nitrogen and oxygen atoms in total. The molecule has 1 aliphatic rings. The zero-order valence-corrected chi connectivity index (χ0v) is 17.3. The van der Waals surface area contributed by atoms with Gasteiger partial charge in [0.2, 0.25) is 10.0 Å². The molecule has 2 heterocycles. The molecular weight excluding hydrogens is 410 g/mol. The highest BCUT2D eigenvalue weighted by Crippen LogP contribution is 2.33. The van der Waals surface area contributed by atoms with Crippen molar-refractivity contribution in [1.29, 1.82) is 0 Å². The van der Waals surface area contributed by atoms with Gasteiger partial charge in [-0.05, 0) is 48.9 Å². The van der Waals surface area contributed by atoms with Crippen molar-refractivity contribution < 1.29 is 13.2 Å². The van der Waals surface area contributed by atoms with Crippen molar-refractivity contribution in [1.82, 2.24) is 9.29 Å². The molecular formula is C21H22ClN3O3S. The second-order valence-corrected chi connectivity index (χ2v) is 9.76. The minimum Gasteiger partial charge on any atom is -0.364 e. The fraction of sp³-hybridized carbons (Fsp3) is 0.286. The lowest BCUT2D eigenvalue weighted by Gasteiger charge is -2.32. The van der Waals surface area contributed by atoms with E-state index in [2.05, 4.69) is 17.1 Å². The van der Waals surface area contributed by atoms with Crippen LogP contribution < -0.4 is 5.73 Å². The molecule has 0 aliphatic carbocycles. The molecule has 4 rings (SSSR count). The number of nitrogens with zero attached hydrogens (tertiary/aromatic N) is 1. The third kappa shape index (κ3) is 3.90. The number of H-pyrrole nitrogens is 1. The quantitative estimate of drug-likeness (QED) is 0.646. The minimum atomic E-state index is -3.92. The summed E-state index contributed by atoms with van der Waals surface area (Å²) in [4.78, 5) is 14.8. The number of sulfonamides is 1. The average molecular weight is 432 g/mol. The van der Waals surface area contributed by atoms with Crippen LogP contribution in [0.4, 0.5) is 0 Å². The number of amides is 1. The van der Waals surface area contributed by atoms with Gasteiger partial charge in [0.15, 0.2) is 0 Å². The van der Waals surface area contributed by atoms with Gasteiger partial charge < -0.3 is 10.7 Å². The number of carbonyl (C=O) groups is 1. The number of primary amides is 1. The summed E-state index contributed by atoms with van der Waals surface area (Å²) in [7, 11) is -3.92. The van der Waals surface area contributed by atoms with Crippen molar-refractivity contribution in [2.75, 3.05) is 13.1 Å². The Balaban J connectivity index is 1.70. The van der Waals surface area contributed by atoms with Crippen LogP contribution in [0.2, 0.25) is 5.02 Å². The number of halogens is 1. The second kappa shape index (κ2) is 7.82. The molecule has 1 atom stereocenters. The van der Waals surface area contributed by atoms with Crippen LogP contribution >= 0.6 is 11.6 Å². The first-order chi connectivity index (χ1) is 13.9. The molecule has 1 unspecified atom stereocenters. The SMILES string of the molecule is NC(=O)c1[nH]c2ccc(Cl)cc2c1S(=O)(=O)N1CCCC(Cc2ccccc2)C1. The monoisotopic (exact) mass is 431 g/mol. The number of rotatable bonds is 5. The summed E-state index contributed by atoms with van der Waals surface area (Å²) in [6.07, 6.45) is 2.55. The zero-order valence-electron chi connectivity index (χ0n) is 15.8. The van der Waals surface area contributed by atoms with E-state index in [0.717, 1.165) is 19.3 Å². The number of aromatic amines is 1. The van der Waals surface area contributed by atoms with Gasteiger partial charge in [-0.2, -0.15) is 4.31 Å². The predicted molar refractivity (Wildman–Crippen MR) is 113 cm³/mol. The molecule has 1 saturated heterocycles. The molecule has 0 saturated carbocycles. The standard InChI is InChI=1S/C21H22ClN3O3S/c22-16-8-9-18-17(12-16)20(19(24-18)21(23)26)29(27,28)25-10-4-7-15(13-25)11-14-5-2-1-3-6-14/h1-3,5-6,8-9,12,15,24H,4,7,10-11,13H2,(H2,23,26). The Morgan fingerprint density at radius 3 is 2.69 bits per heavy atom. The molecule has 3 aromatic rings. The van der Waals surface area contributed by atoms with Crippen LogP contribution in [0.5, 0.6) is 0 Å². The van der Waals surface area contributed by atoms with Gasteiger partial charge >= 0.3 is 0 Å². The number of nitrogens with one attached hydrogen (secondary N) is 1. The normalized spacial score (nSPS) is 18.2. The molecule has 0 bridgehead atoms. The largest absolute Gasteiger partial charge is 0.364 e. The van der Waals surface area contributed by atoms with Crippen LogP contribution in [0, 0.1) is 5.92 Å². The summed E-state index contributed by atoms with van der Waals surface area (Å²) < 4.78 is 28.6. The van der Waals surface area contributed by atoms with E-state index < -0.39 is 15.9 Å². The van der Waals surface area contributed by atoms with Crippen LogP contribution in [0.25, 0.3) is 10.9 Å². The van der Waals surface area contributed by atoms with Crippen molar-refractivity contribution in [3.05, 3.63) is 64.8 Å². The van der Waals surface area contributed by atoms with Crippen molar-refractivity contribution in [2.24, 2.45) is 11.7 Å². The van der Waals surface area contributed by atoms with Gasteiger partial charge in [0, 0.05) is 29.0 Å². The highest BCUT2D eigenvalue weighted by molar-refractivity contribution is 7.89. The maximum absolute atomic E-state index is 13.6. The Labute approximate surface area is 174 Å². The average Bonchev–Trinajstić information content (AvgIpc) is 3.09. The van der Waals surface area contributed by atoms with E-state index in [1.807, 2.05) is 18.2 Å². The molecule has 1 fully saturated rings. The number of carbonyl (C=O) groups excluding carboxylic acids is 1. The Hall–Kier alpha value is -2.35. The van der Waals surface area contributed by atoms with Gasteiger partial charge in [-0.3, -0.25) is 4.79 Å². The highest BCUT2D eigenvalue weighted by atomic mass is 35.5. The smallest absolute Gasteiger partial charge is 0.266 e. The number of benzene rings is 2. The maximum Gasteiger partial charge on any atom is 0.266 e. The number of hydrogen-bond acceptors (Lipinski definition) is 3. The number of nitrogens with two attached hydrogens (primary N) is 1. The van der Waals surface area contributed by atoms with E-state index in [9.17, 15) is 13.2 Å². The Morgan fingerprint density at radius 2 is 1.97 bits per heavy atom. The Kier molecular flexibility index (Phi) is 5.38. The lowest BCUT2D eigenvalue weighted by Crippen LogP contribution is -2.41. The third-order valence-corrected chi connectivity index (χ3v) is 7.59. The molecule has 1 aliphatic heterocycles. The second-order valence-electron chi connectivity index (χ2n) is 7.44. The molecule has 3 N–H and O–H groups in total. The Bertz CT molecular complexity index is 1160. The van der Waals surface area contributed by atoms with E-state index >= 15 is 0 Å². The molecule has 152 valence electrons. The van der Waals surface area contributed by atoms with Gasteiger partial charge in [-0.25, -0.2) is 8.42 Å². The molecule has 0 spiro atoms. The zero-order chi connectivity index (χ0) is 20.6. The van der Waals surface area contributed by atoms with Crippen LogP contribution in [-0.4, -0.2) is 36.7 Å². The number of aromatic nitrogens is 1. The first-order valence-electron chi connectivity index (χ1n) is 9.51. The third-order valence-electron chi connectivity index (χ3n) is 5.41. The van der Waals surface area contributed by atoms with E-state index in [4.69, 9.17) is 17.3 Å². The van der Waals surface area contributed by atoms with Gasteiger partial charge in [0.1, 0.15) is 10.6 Å². The predicted octanol–water partition coefficient (Wildman–Crippen LogP) is 3.56. The first kappa shape index (κ1) is 19.9. The molecule has 0 radical (unpaired) electrons. The molecule has 1 amide bonds. The lowest BCUT2D eigenvalue weighted by molar-refractivity contribution is 0.0993. The van der Waals surface area contributed by atoms with Crippen molar-refractivity contribution in [2.45, 2.75) is 24.2 Å². The van der Waals surface area contributed by atoms with Crippen LogP contribution in [-0.2, 0) is 16.4 Å². The fourth-order valence-corrected chi connectivity index (χ4v) is 6.13. The first-order valence-corrected chi connectivity index (χ1v) is 11.3. The summed E-state index contributed by atoms with van der Waals surface area (Å²) in [5.74, 6) is -0.597. The summed E-state index contributed by atoms with van der Waals surface area (Å²) >= 11 is 6.09. The van der Waals surface area contributed by atoms with E-state index in [1.54, 1.807) is 18.2 Å². The van der Waals surface area contributed by atoms with Crippen LogP contribution in [0.3, 0.4) is 0 Å². The molecule has 1 aromatic heterocycles. The summed E-state index contributed by atoms with van der Waals surface area (Å²) in [6.45, 7) is 0.821. The van der Waals surface area contributed by atoms with Crippen molar-refractivity contribution >= 4 is 38.4 Å². The lowest BCUT2D eigenvalue weighted by atomic mass is 9.92.